The number of rotatable bonds is 3. The van der Waals surface area contributed by atoms with Gasteiger partial charge in [0, 0.05) is 20.2 Å². The summed E-state index contributed by atoms with van der Waals surface area (Å²) in [4.78, 5) is 23.2. The summed E-state index contributed by atoms with van der Waals surface area (Å²) in [6.45, 7) is 2.08. The third-order valence-electron chi connectivity index (χ3n) is 2.43. The molecule has 0 aliphatic carbocycles. The van der Waals surface area contributed by atoms with Gasteiger partial charge >= 0.3 is 5.69 Å². The molecule has 96 valence electrons. The molecule has 0 fully saturated rings. The Morgan fingerprint density at radius 2 is 2.11 bits per heavy atom. The average molecular weight is 251 g/mol. The van der Waals surface area contributed by atoms with Crippen LogP contribution in [0, 0.1) is 6.92 Å². The monoisotopic (exact) mass is 251 g/mol. The Bertz CT molecular complexity index is 682. The van der Waals surface area contributed by atoms with Crippen LogP contribution in [0.25, 0.3) is 0 Å². The molecule has 0 unspecified atom stereocenters. The van der Waals surface area contributed by atoms with E-state index in [0.29, 0.717) is 18.0 Å². The van der Waals surface area contributed by atoms with Crippen molar-refractivity contribution in [2.75, 3.05) is 5.32 Å². The van der Waals surface area contributed by atoms with Crippen molar-refractivity contribution >= 4 is 5.82 Å². The molecule has 2 aromatic rings. The second kappa shape index (κ2) is 4.47. The molecule has 0 atom stereocenters. The minimum atomic E-state index is -0.474. The lowest BCUT2D eigenvalue weighted by atomic mass is 10.4. The minimum Gasteiger partial charge on any atom is -0.361 e. The average Bonchev–Trinajstić information content (AvgIpc) is 2.75. The number of hydrogen-bond donors (Lipinski definition) is 1. The number of nitrogens with zero attached hydrogens (tertiary/aromatic N) is 4. The SMILES string of the molecule is Cc1cc(CNc2nn(C)c(=O)n(C)c2=O)no1. The maximum atomic E-state index is 11.7. The van der Waals surface area contributed by atoms with Crippen LogP contribution in [0.15, 0.2) is 20.2 Å². The van der Waals surface area contributed by atoms with E-state index in [-0.39, 0.29) is 5.82 Å². The second-order valence-corrected chi connectivity index (χ2v) is 3.90. The maximum Gasteiger partial charge on any atom is 0.346 e. The van der Waals surface area contributed by atoms with Crippen molar-refractivity contribution in [3.63, 3.8) is 0 Å². The van der Waals surface area contributed by atoms with E-state index in [1.54, 1.807) is 13.0 Å². The van der Waals surface area contributed by atoms with Crippen molar-refractivity contribution in [1.82, 2.24) is 19.5 Å². The molecule has 0 saturated carbocycles. The molecule has 0 aliphatic heterocycles. The zero-order valence-electron chi connectivity index (χ0n) is 10.3. The highest BCUT2D eigenvalue weighted by atomic mass is 16.5. The highest BCUT2D eigenvalue weighted by Gasteiger charge is 2.09. The molecule has 8 heteroatoms. The van der Waals surface area contributed by atoms with E-state index in [4.69, 9.17) is 4.52 Å². The van der Waals surface area contributed by atoms with Crippen LogP contribution in [-0.4, -0.2) is 19.5 Å². The quantitative estimate of drug-likeness (QED) is 0.781. The molecule has 0 radical (unpaired) electrons. The van der Waals surface area contributed by atoms with Crippen LogP contribution in [0.4, 0.5) is 5.82 Å². The second-order valence-electron chi connectivity index (χ2n) is 3.90. The summed E-state index contributed by atoms with van der Waals surface area (Å²) in [7, 11) is 2.88. The zero-order chi connectivity index (χ0) is 13.3. The fourth-order valence-corrected chi connectivity index (χ4v) is 1.48. The third kappa shape index (κ3) is 2.17. The molecule has 18 heavy (non-hydrogen) atoms. The van der Waals surface area contributed by atoms with Gasteiger partial charge in [0.2, 0.25) is 5.82 Å². The molecule has 2 heterocycles. The van der Waals surface area contributed by atoms with Crippen LogP contribution < -0.4 is 16.6 Å². The first-order chi connectivity index (χ1) is 8.49. The number of aromatic nitrogens is 4. The van der Waals surface area contributed by atoms with Gasteiger partial charge in [0.25, 0.3) is 5.56 Å². The normalized spacial score (nSPS) is 10.6. The van der Waals surface area contributed by atoms with Crippen LogP contribution in [0.1, 0.15) is 11.5 Å². The smallest absolute Gasteiger partial charge is 0.346 e. The largest absolute Gasteiger partial charge is 0.361 e. The Hall–Kier alpha value is -2.38. The molecule has 1 N–H and O–H groups in total. The fourth-order valence-electron chi connectivity index (χ4n) is 1.48. The Morgan fingerprint density at radius 3 is 2.72 bits per heavy atom. The highest BCUT2D eigenvalue weighted by molar-refractivity contribution is 5.30. The van der Waals surface area contributed by atoms with Crippen LogP contribution >= 0.6 is 0 Å². The molecule has 2 rings (SSSR count). The van der Waals surface area contributed by atoms with Gasteiger partial charge < -0.3 is 9.84 Å². The first-order valence-electron chi connectivity index (χ1n) is 5.29. The lowest BCUT2D eigenvalue weighted by Gasteiger charge is -2.06. The van der Waals surface area contributed by atoms with Crippen LogP contribution in [0.2, 0.25) is 0 Å². The van der Waals surface area contributed by atoms with Crippen molar-refractivity contribution < 1.29 is 4.52 Å². The van der Waals surface area contributed by atoms with Gasteiger partial charge in [-0.25, -0.2) is 9.48 Å². The van der Waals surface area contributed by atoms with Crippen molar-refractivity contribution in [2.45, 2.75) is 13.5 Å². The summed E-state index contributed by atoms with van der Waals surface area (Å²) in [6.07, 6.45) is 0. The van der Waals surface area contributed by atoms with Crippen molar-refractivity contribution in [3.05, 3.63) is 38.4 Å². The van der Waals surface area contributed by atoms with Gasteiger partial charge in [0.05, 0.1) is 6.54 Å². The molecule has 8 nitrogen and oxygen atoms in total. The minimum absolute atomic E-state index is 0.0975. The predicted octanol–water partition coefficient (Wildman–Crippen LogP) is -0.612. The van der Waals surface area contributed by atoms with Gasteiger partial charge in [0.1, 0.15) is 11.5 Å². The van der Waals surface area contributed by atoms with Gasteiger partial charge in [-0.05, 0) is 6.92 Å². The molecule has 0 amide bonds. The van der Waals surface area contributed by atoms with E-state index >= 15 is 0 Å². The molecule has 0 bridgehead atoms. The lowest BCUT2D eigenvalue weighted by Crippen LogP contribution is -2.39. The third-order valence-corrected chi connectivity index (χ3v) is 2.43. The summed E-state index contributed by atoms with van der Waals surface area (Å²) in [5, 5.41) is 10.5. The number of aryl methyl sites for hydroxylation is 2. The molecule has 0 spiro atoms. The van der Waals surface area contributed by atoms with Gasteiger partial charge in [-0.1, -0.05) is 5.16 Å². The Morgan fingerprint density at radius 1 is 1.39 bits per heavy atom. The molecular formula is C10H13N5O3. The molecular weight excluding hydrogens is 238 g/mol. The van der Waals surface area contributed by atoms with Gasteiger partial charge in [-0.15, -0.1) is 5.10 Å². The predicted molar refractivity (Wildman–Crippen MR) is 63.3 cm³/mol. The standard InChI is InChI=1S/C10H13N5O3/c1-6-4-7(13-18-6)5-11-8-9(16)14(2)10(17)15(3)12-8/h4H,5H2,1-3H3,(H,11,12). The Kier molecular flexibility index (Phi) is 3.00. The summed E-state index contributed by atoms with van der Waals surface area (Å²) in [5.41, 5.74) is -0.286. The molecule has 2 aromatic heterocycles. The van der Waals surface area contributed by atoms with Crippen LogP contribution in [0.3, 0.4) is 0 Å². The van der Waals surface area contributed by atoms with E-state index < -0.39 is 11.2 Å². The Labute approximate surface area is 102 Å². The summed E-state index contributed by atoms with van der Waals surface area (Å²) < 4.78 is 6.99. The van der Waals surface area contributed by atoms with E-state index in [2.05, 4.69) is 15.6 Å². The maximum absolute atomic E-state index is 11.7. The van der Waals surface area contributed by atoms with E-state index in [1.807, 2.05) is 0 Å². The van der Waals surface area contributed by atoms with Crippen molar-refractivity contribution in [3.8, 4) is 0 Å². The van der Waals surface area contributed by atoms with Crippen molar-refractivity contribution in [2.24, 2.45) is 14.1 Å². The molecule has 0 saturated heterocycles. The summed E-state index contributed by atoms with van der Waals surface area (Å²) >= 11 is 0. The first-order valence-corrected chi connectivity index (χ1v) is 5.29. The van der Waals surface area contributed by atoms with Gasteiger partial charge in [-0.3, -0.25) is 9.36 Å². The Balaban J connectivity index is 2.25. The summed E-state index contributed by atoms with van der Waals surface area (Å²) in [5.74, 6) is 0.786. The van der Waals surface area contributed by atoms with E-state index in [1.165, 1.54) is 14.1 Å². The molecule has 0 aliphatic rings. The van der Waals surface area contributed by atoms with Gasteiger partial charge in [0.15, 0.2) is 0 Å². The topological polar surface area (TPSA) is 95.0 Å². The zero-order valence-corrected chi connectivity index (χ0v) is 10.3. The number of anilines is 1. The van der Waals surface area contributed by atoms with E-state index in [9.17, 15) is 9.59 Å². The van der Waals surface area contributed by atoms with Crippen molar-refractivity contribution in [1.29, 1.82) is 0 Å². The van der Waals surface area contributed by atoms with Crippen LogP contribution in [-0.2, 0) is 20.6 Å². The van der Waals surface area contributed by atoms with Gasteiger partial charge in [-0.2, -0.15) is 0 Å². The summed E-state index contributed by atoms with van der Waals surface area (Å²) in [6, 6.07) is 1.75. The molecule has 0 aromatic carbocycles. The fraction of sp³-hybridized carbons (Fsp3) is 0.400. The number of hydrogen-bond acceptors (Lipinski definition) is 6. The van der Waals surface area contributed by atoms with E-state index in [0.717, 1.165) is 9.25 Å². The number of nitrogens with one attached hydrogen (secondary N) is 1. The lowest BCUT2D eigenvalue weighted by molar-refractivity contribution is 0.391. The highest BCUT2D eigenvalue weighted by Crippen LogP contribution is 2.02. The first kappa shape index (κ1) is 12.1. The van der Waals surface area contributed by atoms with Crippen LogP contribution in [0.5, 0.6) is 0 Å².